The van der Waals surface area contributed by atoms with Crippen LogP contribution in [-0.4, -0.2) is 0 Å². The average Bonchev–Trinajstić information content (AvgIpc) is 2.08. The summed E-state index contributed by atoms with van der Waals surface area (Å²) in [6.07, 6.45) is 9.05. The van der Waals surface area contributed by atoms with Crippen molar-refractivity contribution in [1.82, 2.24) is 0 Å². The van der Waals surface area contributed by atoms with Crippen LogP contribution in [0.5, 0.6) is 0 Å². The molecule has 0 radical (unpaired) electrons. The summed E-state index contributed by atoms with van der Waals surface area (Å²) in [7, 11) is 0. The zero-order valence-corrected chi connectivity index (χ0v) is 45.1. The van der Waals surface area contributed by atoms with Gasteiger partial charge in [0.2, 0.25) is 0 Å². The summed E-state index contributed by atoms with van der Waals surface area (Å²) in [6, 6.07) is 105. The number of anilines is 6. The monoisotopic (exact) mass is 1050 g/mol. The van der Waals surface area contributed by atoms with Gasteiger partial charge in [-0.1, -0.05) is 231 Å². The summed E-state index contributed by atoms with van der Waals surface area (Å²) < 4.78 is 7.43. The van der Waals surface area contributed by atoms with Crippen LogP contribution in [0, 0.1) is 0 Å². The van der Waals surface area contributed by atoms with Gasteiger partial charge in [0, 0.05) is 39.4 Å². The summed E-state index contributed by atoms with van der Waals surface area (Å²) >= 11 is 0. The molecule has 16 rings (SSSR count). The van der Waals surface area contributed by atoms with E-state index < -0.39 is 5.41 Å². The van der Waals surface area contributed by atoms with E-state index in [2.05, 4.69) is 313 Å². The van der Waals surface area contributed by atoms with Gasteiger partial charge in [-0.15, -0.1) is 0 Å². The normalized spacial score (nSPS) is 13.4. The predicted octanol–water partition coefficient (Wildman–Crippen LogP) is 21.6. The number of rotatable bonds is 10. The Morgan fingerprint density at radius 2 is 0.780 bits per heavy atom. The van der Waals surface area contributed by atoms with Crippen molar-refractivity contribution in [2.75, 3.05) is 9.80 Å². The van der Waals surface area contributed by atoms with Crippen LogP contribution in [0.25, 0.3) is 83.1 Å². The van der Waals surface area contributed by atoms with E-state index in [1.165, 1.54) is 66.8 Å². The van der Waals surface area contributed by atoms with Crippen LogP contribution >= 0.6 is 0 Å². The third-order valence-corrected chi connectivity index (χ3v) is 17.3. The third-order valence-electron chi connectivity index (χ3n) is 17.3. The maximum Gasteiger partial charge on any atom is 0.145 e. The Kier molecular flexibility index (Phi) is 11.2. The van der Waals surface area contributed by atoms with Crippen LogP contribution in [0.4, 0.5) is 34.1 Å². The molecule has 13 aromatic rings. The lowest BCUT2D eigenvalue weighted by atomic mass is 9.70. The van der Waals surface area contributed by atoms with Gasteiger partial charge < -0.3 is 14.2 Å². The van der Waals surface area contributed by atoms with Gasteiger partial charge in [0.15, 0.2) is 0 Å². The Labute approximate surface area is 478 Å². The molecule has 0 N–H and O–H groups in total. The molecule has 0 amide bonds. The molecule has 0 saturated carbocycles. The Hall–Kier alpha value is -10.5. The van der Waals surface area contributed by atoms with Crippen molar-refractivity contribution >= 4 is 61.6 Å². The first-order valence-corrected chi connectivity index (χ1v) is 28.5. The van der Waals surface area contributed by atoms with Gasteiger partial charge in [-0.3, -0.25) is 0 Å². The van der Waals surface area contributed by atoms with E-state index in [0.29, 0.717) is 0 Å². The summed E-state index contributed by atoms with van der Waals surface area (Å²) in [5.41, 5.74) is 26.7. The highest BCUT2D eigenvalue weighted by Gasteiger charge is 2.53. The Bertz CT molecular complexity index is 4500. The lowest BCUT2D eigenvalue weighted by Gasteiger charge is -2.33. The number of fused-ring (bicyclic) bond motifs is 14. The molecule has 3 heteroatoms. The second-order valence-electron chi connectivity index (χ2n) is 21.8. The molecule has 0 bridgehead atoms. The van der Waals surface area contributed by atoms with Gasteiger partial charge in [0.05, 0.1) is 16.5 Å². The summed E-state index contributed by atoms with van der Waals surface area (Å²) in [5.74, 6) is 0. The van der Waals surface area contributed by atoms with Crippen molar-refractivity contribution in [3.63, 3.8) is 0 Å². The van der Waals surface area contributed by atoms with Crippen molar-refractivity contribution in [2.24, 2.45) is 0 Å². The fourth-order valence-corrected chi connectivity index (χ4v) is 13.6. The fourth-order valence-electron chi connectivity index (χ4n) is 13.6. The number of allylic oxidation sites excluding steroid dienone is 4. The van der Waals surface area contributed by atoms with E-state index in [1.54, 1.807) is 0 Å². The minimum absolute atomic E-state index is 0.734. The smallest absolute Gasteiger partial charge is 0.145 e. The zero-order chi connectivity index (χ0) is 54.1. The molecule has 12 aromatic carbocycles. The average molecular weight is 1050 g/mol. The Morgan fingerprint density at radius 3 is 1.30 bits per heavy atom. The van der Waals surface area contributed by atoms with E-state index in [9.17, 15) is 0 Å². The molecule has 0 fully saturated rings. The summed E-state index contributed by atoms with van der Waals surface area (Å²) in [4.78, 5) is 4.90. The predicted molar refractivity (Wildman–Crippen MR) is 342 cm³/mol. The van der Waals surface area contributed by atoms with Crippen molar-refractivity contribution in [3.05, 3.63) is 331 Å². The standard InChI is InChI=1S/C79H54N2O/c1-5-19-53(20-6-1)57-33-41-61(42-34-57)80(62-43-35-58(36-44-62)54-21-7-2-8-22-54)65-49-50-68-72(51-65)79(70-30-16-13-27-66(70)67-28-14-17-31-71(67)79)73-52-74(77-69-29-15-18-32-75(69)82-78(77)76(68)73)81(63-45-37-59(38-46-63)55-23-9-3-10-24-55)64-47-39-60(40-48-64)56-25-11-4-12-26-56/h1,3-7,9-52H,2,8H2. The van der Waals surface area contributed by atoms with Crippen molar-refractivity contribution in [2.45, 2.75) is 18.3 Å². The first-order valence-electron chi connectivity index (χ1n) is 28.5. The molecular weight excluding hydrogens is 993 g/mol. The second kappa shape index (κ2) is 19.4. The lowest BCUT2D eigenvalue weighted by molar-refractivity contribution is 0.669. The highest BCUT2D eigenvalue weighted by Crippen LogP contribution is 2.66. The number of furan rings is 1. The SMILES string of the molecule is C1=CC(c2ccc(N(c3ccc(-c4ccccc4)cc3)c3ccc4c(c3)C3(c5ccccc5-c5ccccc53)c3cc(N(c5ccc(-c6ccccc6)cc5)c5ccc(-c6ccccc6)cc5)c5c(oc6ccccc65)c3-4)cc2)=CCC1. The van der Waals surface area contributed by atoms with Crippen LogP contribution in [0.15, 0.2) is 308 Å². The quantitative estimate of drug-likeness (QED) is 0.136. The molecular formula is C79H54N2O. The van der Waals surface area contributed by atoms with Gasteiger partial charge >= 0.3 is 0 Å². The topological polar surface area (TPSA) is 19.6 Å². The van der Waals surface area contributed by atoms with E-state index in [0.717, 1.165) is 91.2 Å². The van der Waals surface area contributed by atoms with Crippen LogP contribution in [0.3, 0.4) is 0 Å². The number of para-hydroxylation sites is 1. The number of nitrogens with zero attached hydrogens (tertiary/aromatic N) is 2. The molecule has 3 aliphatic rings. The molecule has 82 heavy (non-hydrogen) atoms. The Balaban J connectivity index is 0.958. The van der Waals surface area contributed by atoms with Gasteiger partial charge in [-0.2, -0.15) is 0 Å². The number of benzene rings is 12. The summed E-state index contributed by atoms with van der Waals surface area (Å²) in [5, 5.41) is 2.14. The number of hydrogen-bond acceptors (Lipinski definition) is 3. The largest absolute Gasteiger partial charge is 0.455 e. The van der Waals surface area contributed by atoms with E-state index >= 15 is 0 Å². The maximum absolute atomic E-state index is 7.43. The molecule has 0 saturated heterocycles. The van der Waals surface area contributed by atoms with Gasteiger partial charge in [0.25, 0.3) is 0 Å². The minimum Gasteiger partial charge on any atom is -0.455 e. The van der Waals surface area contributed by atoms with Gasteiger partial charge in [0.1, 0.15) is 11.2 Å². The molecule has 1 heterocycles. The van der Waals surface area contributed by atoms with Gasteiger partial charge in [-0.05, 0) is 169 Å². The second-order valence-corrected chi connectivity index (χ2v) is 21.8. The lowest BCUT2D eigenvalue weighted by Crippen LogP contribution is -2.26. The number of hydrogen-bond donors (Lipinski definition) is 0. The molecule has 0 atom stereocenters. The van der Waals surface area contributed by atoms with Gasteiger partial charge in [-0.25, -0.2) is 0 Å². The van der Waals surface area contributed by atoms with Crippen molar-refractivity contribution in [1.29, 1.82) is 0 Å². The molecule has 1 aromatic heterocycles. The molecule has 0 aliphatic heterocycles. The summed E-state index contributed by atoms with van der Waals surface area (Å²) in [6.45, 7) is 0. The maximum atomic E-state index is 7.43. The minimum atomic E-state index is -0.734. The molecule has 0 unspecified atom stereocenters. The van der Waals surface area contributed by atoms with Crippen molar-refractivity contribution < 1.29 is 4.42 Å². The zero-order valence-electron chi connectivity index (χ0n) is 45.1. The first kappa shape index (κ1) is 47.5. The third kappa shape index (κ3) is 7.58. The first-order chi connectivity index (χ1) is 40.7. The molecule has 3 aliphatic carbocycles. The van der Waals surface area contributed by atoms with Crippen LogP contribution in [0.1, 0.15) is 40.7 Å². The Morgan fingerprint density at radius 1 is 0.329 bits per heavy atom. The fraction of sp³-hybridized carbons (Fsp3) is 0.0380. The van der Waals surface area contributed by atoms with E-state index in [4.69, 9.17) is 4.42 Å². The van der Waals surface area contributed by atoms with E-state index in [-0.39, 0.29) is 0 Å². The molecule has 3 nitrogen and oxygen atoms in total. The van der Waals surface area contributed by atoms with Crippen LogP contribution in [0.2, 0.25) is 0 Å². The molecule has 386 valence electrons. The highest BCUT2D eigenvalue weighted by atomic mass is 16.3. The van der Waals surface area contributed by atoms with E-state index in [1.807, 2.05) is 0 Å². The van der Waals surface area contributed by atoms with Crippen LogP contribution in [-0.2, 0) is 5.41 Å². The molecule has 1 spiro atoms. The highest BCUT2D eigenvalue weighted by molar-refractivity contribution is 6.20. The van der Waals surface area contributed by atoms with Crippen molar-refractivity contribution in [3.8, 4) is 55.6 Å². The van der Waals surface area contributed by atoms with Crippen LogP contribution < -0.4 is 9.80 Å².